The van der Waals surface area contributed by atoms with E-state index in [1.165, 1.54) is 19.3 Å². The molecule has 158 valence electrons. The van der Waals surface area contributed by atoms with Crippen LogP contribution in [-0.4, -0.2) is 41.0 Å². The minimum atomic E-state index is 0. The van der Waals surface area contributed by atoms with Gasteiger partial charge in [-0.3, -0.25) is 4.79 Å². The van der Waals surface area contributed by atoms with Crippen molar-refractivity contribution >= 4 is 45.7 Å². The maximum Gasteiger partial charge on any atom is 0.225 e. The lowest BCUT2D eigenvalue weighted by molar-refractivity contribution is -0.127. The minimum absolute atomic E-state index is 0. The van der Waals surface area contributed by atoms with Crippen molar-refractivity contribution in [1.29, 1.82) is 0 Å². The average Bonchev–Trinajstić information content (AvgIpc) is 3.17. The monoisotopic (exact) mass is 435 g/mol. The van der Waals surface area contributed by atoms with E-state index in [0.717, 1.165) is 54.8 Å². The molecule has 3 N–H and O–H groups in total. The number of fused-ring (bicyclic) bond motifs is 3. The van der Waals surface area contributed by atoms with Gasteiger partial charge in [0.15, 0.2) is 0 Å². The first-order chi connectivity index (χ1) is 13.7. The molecular formula is C21H30ClN5OS. The molecule has 8 heteroatoms. The largest absolute Gasteiger partial charge is 0.355 e. The van der Waals surface area contributed by atoms with Crippen LogP contribution < -0.4 is 16.0 Å². The SMILES string of the molecule is Cl.NC1CC2CCCC(C1)C2NC(=O)C1CCCN(c2ncnc3sccc23)C1. The van der Waals surface area contributed by atoms with Crippen LogP contribution in [0.2, 0.25) is 0 Å². The summed E-state index contributed by atoms with van der Waals surface area (Å²) in [7, 11) is 0. The lowest BCUT2D eigenvalue weighted by atomic mass is 9.67. The number of rotatable bonds is 3. The molecule has 3 atom stereocenters. The Bertz CT molecular complexity index is 846. The molecule has 29 heavy (non-hydrogen) atoms. The van der Waals surface area contributed by atoms with Gasteiger partial charge in [-0.05, 0) is 61.8 Å². The van der Waals surface area contributed by atoms with E-state index in [2.05, 4.69) is 31.6 Å². The zero-order chi connectivity index (χ0) is 19.1. The summed E-state index contributed by atoms with van der Waals surface area (Å²) in [6.07, 6.45) is 9.47. The smallest absolute Gasteiger partial charge is 0.225 e. The summed E-state index contributed by atoms with van der Waals surface area (Å²) in [5, 5.41) is 6.62. The van der Waals surface area contributed by atoms with Gasteiger partial charge in [0.1, 0.15) is 17.0 Å². The fourth-order valence-electron chi connectivity index (χ4n) is 5.72. The number of nitrogens with zero attached hydrogens (tertiary/aromatic N) is 3. The molecule has 3 heterocycles. The highest BCUT2D eigenvalue weighted by Gasteiger charge is 2.41. The molecule has 0 aromatic carbocycles. The van der Waals surface area contributed by atoms with Gasteiger partial charge in [-0.15, -0.1) is 23.7 Å². The lowest BCUT2D eigenvalue weighted by Crippen LogP contribution is -2.56. The Balaban J connectivity index is 0.00000205. The van der Waals surface area contributed by atoms with Crippen LogP contribution in [0.5, 0.6) is 0 Å². The van der Waals surface area contributed by atoms with Crippen LogP contribution in [0.15, 0.2) is 17.8 Å². The highest BCUT2D eigenvalue weighted by molar-refractivity contribution is 7.16. The van der Waals surface area contributed by atoms with Crippen molar-refractivity contribution in [1.82, 2.24) is 15.3 Å². The number of nitrogens with two attached hydrogens (primary N) is 1. The van der Waals surface area contributed by atoms with Gasteiger partial charge in [0.05, 0.1) is 11.3 Å². The van der Waals surface area contributed by atoms with Gasteiger partial charge in [0.2, 0.25) is 5.91 Å². The number of amides is 1. The Morgan fingerprint density at radius 1 is 1.17 bits per heavy atom. The molecular weight excluding hydrogens is 406 g/mol. The molecule has 1 aliphatic heterocycles. The molecule has 2 aromatic heterocycles. The predicted molar refractivity (Wildman–Crippen MR) is 120 cm³/mol. The van der Waals surface area contributed by atoms with E-state index in [-0.39, 0.29) is 24.2 Å². The number of carbonyl (C=O) groups is 1. The van der Waals surface area contributed by atoms with E-state index in [4.69, 9.17) is 5.73 Å². The summed E-state index contributed by atoms with van der Waals surface area (Å²) in [5.41, 5.74) is 6.25. The molecule has 2 aliphatic carbocycles. The Morgan fingerprint density at radius 2 is 1.97 bits per heavy atom. The van der Waals surface area contributed by atoms with E-state index in [1.807, 2.05) is 0 Å². The third-order valence-electron chi connectivity index (χ3n) is 7.02. The van der Waals surface area contributed by atoms with Crippen molar-refractivity contribution < 1.29 is 4.79 Å². The second-order valence-electron chi connectivity index (χ2n) is 8.84. The van der Waals surface area contributed by atoms with Crippen molar-refractivity contribution in [3.05, 3.63) is 17.8 Å². The van der Waals surface area contributed by atoms with E-state index in [9.17, 15) is 4.79 Å². The molecule has 0 spiro atoms. The Hall–Kier alpha value is -1.44. The van der Waals surface area contributed by atoms with Crippen molar-refractivity contribution in [3.63, 3.8) is 0 Å². The fraction of sp³-hybridized carbons (Fsp3) is 0.667. The lowest BCUT2D eigenvalue weighted by Gasteiger charge is -2.46. The molecule has 3 aliphatic rings. The Kier molecular flexibility index (Phi) is 6.27. The number of nitrogens with one attached hydrogen (secondary N) is 1. The van der Waals surface area contributed by atoms with Crippen molar-refractivity contribution in [2.75, 3.05) is 18.0 Å². The van der Waals surface area contributed by atoms with Crippen molar-refractivity contribution in [2.24, 2.45) is 23.5 Å². The first kappa shape index (κ1) is 20.8. The standard InChI is InChI=1S/C21H29N5OS.ClH/c22-16-9-13-3-1-4-14(10-16)18(13)25-20(27)15-5-2-7-26(11-15)19-17-6-8-28-21(17)24-12-23-19;/h6,8,12-16,18H,1-5,7,9-11,22H2,(H,25,27);1H. The third kappa shape index (κ3) is 4.09. The molecule has 1 amide bonds. The number of hydrogen-bond acceptors (Lipinski definition) is 6. The normalized spacial score (nSPS) is 31.9. The first-order valence-corrected chi connectivity index (χ1v) is 11.6. The van der Waals surface area contributed by atoms with E-state index < -0.39 is 0 Å². The summed E-state index contributed by atoms with van der Waals surface area (Å²) in [5.74, 6) is 2.38. The Morgan fingerprint density at radius 3 is 2.76 bits per heavy atom. The highest BCUT2D eigenvalue weighted by Crippen LogP contribution is 2.40. The van der Waals surface area contributed by atoms with E-state index >= 15 is 0 Å². The number of anilines is 1. The van der Waals surface area contributed by atoms with E-state index in [0.29, 0.717) is 23.9 Å². The van der Waals surface area contributed by atoms with Gasteiger partial charge in [-0.2, -0.15) is 0 Å². The zero-order valence-electron chi connectivity index (χ0n) is 16.6. The molecule has 2 aromatic rings. The Labute approximate surface area is 182 Å². The topological polar surface area (TPSA) is 84.1 Å². The number of carbonyl (C=O) groups excluding carboxylic acids is 1. The molecule has 2 bridgehead atoms. The molecule has 2 saturated carbocycles. The second-order valence-corrected chi connectivity index (χ2v) is 9.73. The molecule has 6 nitrogen and oxygen atoms in total. The zero-order valence-corrected chi connectivity index (χ0v) is 18.3. The van der Waals surface area contributed by atoms with Crippen molar-refractivity contribution in [3.8, 4) is 0 Å². The number of hydrogen-bond donors (Lipinski definition) is 2. The van der Waals surface area contributed by atoms with Gasteiger partial charge < -0.3 is 16.0 Å². The van der Waals surface area contributed by atoms with Crippen LogP contribution in [0.25, 0.3) is 10.2 Å². The van der Waals surface area contributed by atoms with Crippen LogP contribution in [0.4, 0.5) is 5.82 Å². The molecule has 3 fully saturated rings. The van der Waals surface area contributed by atoms with Gasteiger partial charge in [0.25, 0.3) is 0 Å². The fourth-order valence-corrected chi connectivity index (χ4v) is 6.45. The van der Waals surface area contributed by atoms with Crippen molar-refractivity contribution in [2.45, 2.75) is 57.0 Å². The third-order valence-corrected chi connectivity index (χ3v) is 7.84. The predicted octanol–water partition coefficient (Wildman–Crippen LogP) is 3.35. The number of thiophene rings is 1. The van der Waals surface area contributed by atoms with Crippen LogP contribution in [0, 0.1) is 17.8 Å². The maximum absolute atomic E-state index is 13.2. The van der Waals surface area contributed by atoms with Crippen LogP contribution in [0.1, 0.15) is 44.9 Å². The number of piperidine rings is 1. The second kappa shape index (κ2) is 8.74. The summed E-state index contributed by atoms with van der Waals surface area (Å²) >= 11 is 1.64. The average molecular weight is 436 g/mol. The summed E-state index contributed by atoms with van der Waals surface area (Å²) in [6, 6.07) is 2.74. The number of aromatic nitrogens is 2. The molecule has 0 radical (unpaired) electrons. The molecule has 1 saturated heterocycles. The molecule has 5 rings (SSSR count). The summed E-state index contributed by atoms with van der Waals surface area (Å²) < 4.78 is 0. The number of halogens is 1. The maximum atomic E-state index is 13.2. The first-order valence-electron chi connectivity index (χ1n) is 10.7. The van der Waals surface area contributed by atoms with Gasteiger partial charge >= 0.3 is 0 Å². The van der Waals surface area contributed by atoms with Crippen LogP contribution in [0.3, 0.4) is 0 Å². The summed E-state index contributed by atoms with van der Waals surface area (Å²) in [6.45, 7) is 1.70. The van der Waals surface area contributed by atoms with Gasteiger partial charge in [-0.25, -0.2) is 9.97 Å². The van der Waals surface area contributed by atoms with Crippen LogP contribution in [-0.2, 0) is 4.79 Å². The van der Waals surface area contributed by atoms with Gasteiger partial charge in [0, 0.05) is 25.2 Å². The van der Waals surface area contributed by atoms with Crippen LogP contribution >= 0.6 is 23.7 Å². The minimum Gasteiger partial charge on any atom is -0.355 e. The molecule has 3 unspecified atom stereocenters. The quantitative estimate of drug-likeness (QED) is 0.772. The van der Waals surface area contributed by atoms with Gasteiger partial charge in [-0.1, -0.05) is 6.42 Å². The highest BCUT2D eigenvalue weighted by atomic mass is 35.5. The van der Waals surface area contributed by atoms with E-state index in [1.54, 1.807) is 17.7 Å². The summed E-state index contributed by atoms with van der Waals surface area (Å²) in [4.78, 5) is 25.4.